The highest BCUT2D eigenvalue weighted by Gasteiger charge is 2.15. The van der Waals surface area contributed by atoms with Crippen molar-refractivity contribution in [1.29, 1.82) is 0 Å². The van der Waals surface area contributed by atoms with E-state index in [0.29, 0.717) is 17.6 Å². The first-order valence-corrected chi connectivity index (χ1v) is 5.69. The van der Waals surface area contributed by atoms with Crippen LogP contribution in [0.15, 0.2) is 30.5 Å². The van der Waals surface area contributed by atoms with Crippen molar-refractivity contribution in [2.75, 3.05) is 0 Å². The lowest BCUT2D eigenvalue weighted by atomic mass is 10.2. The van der Waals surface area contributed by atoms with Crippen LogP contribution in [0.4, 0.5) is 0 Å². The van der Waals surface area contributed by atoms with Crippen LogP contribution >= 0.6 is 0 Å². The van der Waals surface area contributed by atoms with Crippen molar-refractivity contribution >= 4 is 17.0 Å². The molecule has 96 valence electrons. The average Bonchev–Trinajstić information content (AvgIpc) is 2.97. The second-order valence-corrected chi connectivity index (χ2v) is 4.21. The van der Waals surface area contributed by atoms with Gasteiger partial charge < -0.3 is 5.11 Å². The van der Waals surface area contributed by atoms with Gasteiger partial charge in [-0.05, 0) is 18.2 Å². The van der Waals surface area contributed by atoms with Crippen LogP contribution in [0, 0.1) is 0 Å². The van der Waals surface area contributed by atoms with Gasteiger partial charge in [-0.15, -0.1) is 5.10 Å². The number of para-hydroxylation sites is 1. The van der Waals surface area contributed by atoms with Crippen LogP contribution in [-0.4, -0.2) is 35.9 Å². The van der Waals surface area contributed by atoms with E-state index in [2.05, 4.69) is 15.4 Å². The highest BCUT2D eigenvalue weighted by atomic mass is 16.4. The molecule has 0 saturated carbocycles. The molecule has 0 aliphatic rings. The van der Waals surface area contributed by atoms with Crippen LogP contribution in [0.1, 0.15) is 16.1 Å². The Morgan fingerprint density at radius 1 is 1.37 bits per heavy atom. The van der Waals surface area contributed by atoms with E-state index in [9.17, 15) is 9.90 Å². The number of fused-ring (bicyclic) bond motifs is 1. The Labute approximate surface area is 108 Å². The molecule has 2 heterocycles. The van der Waals surface area contributed by atoms with Crippen molar-refractivity contribution in [1.82, 2.24) is 24.8 Å². The summed E-state index contributed by atoms with van der Waals surface area (Å²) < 4.78 is 3.24. The maximum absolute atomic E-state index is 11.2. The molecule has 0 spiro atoms. The van der Waals surface area contributed by atoms with E-state index in [4.69, 9.17) is 0 Å². The number of nitrogens with zero attached hydrogens (tertiary/aromatic N) is 5. The molecule has 7 heteroatoms. The SMILES string of the molecule is Cn1ccc(Cn2nnc3cccc(C(=O)O)c32)n1. The van der Waals surface area contributed by atoms with Gasteiger partial charge in [0, 0.05) is 13.2 Å². The molecule has 3 rings (SSSR count). The van der Waals surface area contributed by atoms with Gasteiger partial charge in [-0.25, -0.2) is 9.48 Å². The average molecular weight is 257 g/mol. The normalized spacial score (nSPS) is 11.0. The summed E-state index contributed by atoms with van der Waals surface area (Å²) in [5.74, 6) is -0.991. The number of aryl methyl sites for hydroxylation is 1. The van der Waals surface area contributed by atoms with Crippen LogP contribution in [0.5, 0.6) is 0 Å². The van der Waals surface area contributed by atoms with Gasteiger partial charge in [0.1, 0.15) is 11.0 Å². The van der Waals surface area contributed by atoms with Crippen molar-refractivity contribution in [3.63, 3.8) is 0 Å². The fraction of sp³-hybridized carbons (Fsp3) is 0.167. The lowest BCUT2D eigenvalue weighted by Gasteiger charge is -2.02. The third-order valence-corrected chi connectivity index (χ3v) is 2.84. The summed E-state index contributed by atoms with van der Waals surface area (Å²) in [4.78, 5) is 11.2. The number of carboxylic acid groups (broad SMARTS) is 1. The van der Waals surface area contributed by atoms with Gasteiger partial charge in [0.15, 0.2) is 0 Å². The molecule has 0 radical (unpaired) electrons. The number of aromatic carboxylic acids is 1. The highest BCUT2D eigenvalue weighted by Crippen LogP contribution is 2.17. The summed E-state index contributed by atoms with van der Waals surface area (Å²) in [5.41, 5.74) is 2.07. The number of rotatable bonds is 3. The third kappa shape index (κ3) is 1.95. The molecule has 3 aromatic rings. The van der Waals surface area contributed by atoms with E-state index in [-0.39, 0.29) is 5.56 Å². The van der Waals surface area contributed by atoms with Crippen LogP contribution in [0.2, 0.25) is 0 Å². The molecular formula is C12H11N5O2. The molecule has 0 atom stereocenters. The highest BCUT2D eigenvalue weighted by molar-refractivity contribution is 6.00. The molecule has 1 N–H and O–H groups in total. The molecular weight excluding hydrogens is 246 g/mol. The summed E-state index contributed by atoms with van der Waals surface area (Å²) in [6.45, 7) is 0.391. The minimum absolute atomic E-state index is 0.193. The molecule has 19 heavy (non-hydrogen) atoms. The Balaban J connectivity index is 2.11. The van der Waals surface area contributed by atoms with Gasteiger partial charge in [-0.1, -0.05) is 11.3 Å². The van der Waals surface area contributed by atoms with Crippen molar-refractivity contribution in [3.05, 3.63) is 41.7 Å². The number of hydrogen-bond donors (Lipinski definition) is 1. The van der Waals surface area contributed by atoms with E-state index < -0.39 is 5.97 Å². The predicted molar refractivity (Wildman–Crippen MR) is 66.8 cm³/mol. The fourth-order valence-corrected chi connectivity index (χ4v) is 2.01. The Morgan fingerprint density at radius 2 is 2.21 bits per heavy atom. The summed E-state index contributed by atoms with van der Waals surface area (Å²) in [5, 5.41) is 21.4. The van der Waals surface area contributed by atoms with Gasteiger partial charge in [0.25, 0.3) is 0 Å². The molecule has 0 saturated heterocycles. The molecule has 0 amide bonds. The van der Waals surface area contributed by atoms with Gasteiger partial charge in [0.05, 0.1) is 17.8 Å². The molecule has 7 nitrogen and oxygen atoms in total. The van der Waals surface area contributed by atoms with Gasteiger partial charge in [0.2, 0.25) is 0 Å². The first kappa shape index (κ1) is 11.4. The Bertz CT molecular complexity index is 758. The van der Waals surface area contributed by atoms with E-state index in [1.54, 1.807) is 27.6 Å². The zero-order valence-electron chi connectivity index (χ0n) is 10.2. The second-order valence-electron chi connectivity index (χ2n) is 4.21. The molecule has 0 fully saturated rings. The summed E-state index contributed by atoms with van der Waals surface area (Å²) in [7, 11) is 1.83. The monoisotopic (exact) mass is 257 g/mol. The smallest absolute Gasteiger partial charge is 0.337 e. The Hall–Kier alpha value is -2.70. The van der Waals surface area contributed by atoms with Gasteiger partial charge in [-0.2, -0.15) is 5.10 Å². The second kappa shape index (κ2) is 4.20. The van der Waals surface area contributed by atoms with Crippen molar-refractivity contribution in [2.24, 2.45) is 7.05 Å². The standard InChI is InChI=1S/C12H11N5O2/c1-16-6-5-8(14-16)7-17-11-9(12(18)19)3-2-4-10(11)13-15-17/h2-6H,7H2,1H3,(H,18,19). The lowest BCUT2D eigenvalue weighted by Crippen LogP contribution is -2.07. The third-order valence-electron chi connectivity index (χ3n) is 2.84. The largest absolute Gasteiger partial charge is 0.478 e. The van der Waals surface area contributed by atoms with Gasteiger partial charge >= 0.3 is 5.97 Å². The van der Waals surface area contributed by atoms with E-state index >= 15 is 0 Å². The lowest BCUT2D eigenvalue weighted by molar-refractivity contribution is 0.0698. The van der Waals surface area contributed by atoms with Crippen LogP contribution in [0.25, 0.3) is 11.0 Å². The fourth-order valence-electron chi connectivity index (χ4n) is 2.01. The van der Waals surface area contributed by atoms with E-state index in [1.165, 1.54) is 0 Å². The summed E-state index contributed by atoms with van der Waals surface area (Å²) in [6.07, 6.45) is 1.83. The zero-order chi connectivity index (χ0) is 13.4. The first-order valence-electron chi connectivity index (χ1n) is 5.69. The maximum atomic E-state index is 11.2. The first-order chi connectivity index (χ1) is 9.15. The molecule has 0 unspecified atom stereocenters. The number of benzene rings is 1. The molecule has 2 aromatic heterocycles. The molecule has 1 aromatic carbocycles. The Kier molecular flexibility index (Phi) is 2.52. The van der Waals surface area contributed by atoms with E-state index in [1.807, 2.05) is 19.3 Å². The molecule has 0 aliphatic heterocycles. The number of carboxylic acids is 1. The van der Waals surface area contributed by atoms with Crippen molar-refractivity contribution in [3.8, 4) is 0 Å². The van der Waals surface area contributed by atoms with Gasteiger partial charge in [-0.3, -0.25) is 4.68 Å². The molecule has 0 bridgehead atoms. The number of carbonyl (C=O) groups is 1. The zero-order valence-corrected chi connectivity index (χ0v) is 10.2. The van der Waals surface area contributed by atoms with Crippen LogP contribution < -0.4 is 0 Å². The van der Waals surface area contributed by atoms with E-state index in [0.717, 1.165) is 5.69 Å². The van der Waals surface area contributed by atoms with Crippen molar-refractivity contribution in [2.45, 2.75) is 6.54 Å². The predicted octanol–water partition coefficient (Wildman–Crippen LogP) is 0.911. The Morgan fingerprint density at radius 3 is 2.89 bits per heavy atom. The minimum Gasteiger partial charge on any atom is -0.478 e. The summed E-state index contributed by atoms with van der Waals surface area (Å²) in [6, 6.07) is 6.80. The summed E-state index contributed by atoms with van der Waals surface area (Å²) >= 11 is 0. The topological polar surface area (TPSA) is 85.8 Å². The maximum Gasteiger partial charge on any atom is 0.337 e. The van der Waals surface area contributed by atoms with Crippen LogP contribution in [-0.2, 0) is 13.6 Å². The minimum atomic E-state index is -0.991. The van der Waals surface area contributed by atoms with Crippen molar-refractivity contribution < 1.29 is 9.90 Å². The number of aromatic nitrogens is 5. The van der Waals surface area contributed by atoms with Crippen LogP contribution in [0.3, 0.4) is 0 Å². The quantitative estimate of drug-likeness (QED) is 0.753. The number of hydrogen-bond acceptors (Lipinski definition) is 4. The molecule has 0 aliphatic carbocycles.